The van der Waals surface area contributed by atoms with Gasteiger partial charge in [-0.2, -0.15) is 0 Å². The molecule has 2 aromatic rings. The van der Waals surface area contributed by atoms with E-state index < -0.39 is 11.6 Å². The fourth-order valence-electron chi connectivity index (χ4n) is 1.97. The second-order valence-electron chi connectivity index (χ2n) is 4.35. The maximum Gasteiger partial charge on any atom is 0.128 e. The van der Waals surface area contributed by atoms with Crippen LogP contribution in [0.2, 0.25) is 0 Å². The van der Waals surface area contributed by atoms with Crippen LogP contribution in [0.4, 0.5) is 14.5 Å². The van der Waals surface area contributed by atoms with Gasteiger partial charge in [0.2, 0.25) is 0 Å². The largest absolute Gasteiger partial charge is 0.508 e. The van der Waals surface area contributed by atoms with Gasteiger partial charge >= 0.3 is 0 Å². The van der Waals surface area contributed by atoms with Crippen molar-refractivity contribution in [2.24, 2.45) is 0 Å². The van der Waals surface area contributed by atoms with E-state index in [0.717, 1.165) is 18.1 Å². The number of phenols is 1. The van der Waals surface area contributed by atoms with Crippen LogP contribution in [0.25, 0.3) is 0 Å². The first-order chi connectivity index (χ1) is 9.08. The molecular formula is C15H15F2NO. The summed E-state index contributed by atoms with van der Waals surface area (Å²) in [6.07, 6.45) is 0.753. The van der Waals surface area contributed by atoms with Gasteiger partial charge in [0.05, 0.1) is 6.04 Å². The number of hydrogen-bond acceptors (Lipinski definition) is 2. The molecule has 0 aromatic heterocycles. The van der Waals surface area contributed by atoms with Crippen LogP contribution < -0.4 is 5.32 Å². The molecule has 0 spiro atoms. The Morgan fingerprint density at radius 3 is 2.16 bits per heavy atom. The first kappa shape index (κ1) is 13.3. The molecule has 1 atom stereocenters. The first-order valence-corrected chi connectivity index (χ1v) is 6.10. The number of nitrogens with one attached hydrogen (secondary N) is 1. The third-order valence-corrected chi connectivity index (χ3v) is 2.91. The van der Waals surface area contributed by atoms with Crippen LogP contribution in [0, 0.1) is 11.6 Å². The van der Waals surface area contributed by atoms with Crippen molar-refractivity contribution < 1.29 is 13.9 Å². The van der Waals surface area contributed by atoms with Gasteiger partial charge in [-0.05, 0) is 36.2 Å². The second-order valence-corrected chi connectivity index (χ2v) is 4.35. The van der Waals surface area contributed by atoms with E-state index in [-0.39, 0.29) is 11.8 Å². The molecule has 0 heterocycles. The number of benzene rings is 2. The minimum Gasteiger partial charge on any atom is -0.508 e. The Morgan fingerprint density at radius 1 is 1.05 bits per heavy atom. The maximum atomic E-state index is 13.1. The summed E-state index contributed by atoms with van der Waals surface area (Å²) in [5, 5.41) is 12.3. The second kappa shape index (κ2) is 5.69. The summed E-state index contributed by atoms with van der Waals surface area (Å²) in [6.45, 7) is 1.97. The average Bonchev–Trinajstić information content (AvgIpc) is 2.36. The van der Waals surface area contributed by atoms with E-state index in [2.05, 4.69) is 5.32 Å². The van der Waals surface area contributed by atoms with Gasteiger partial charge in [0.25, 0.3) is 0 Å². The zero-order chi connectivity index (χ0) is 13.8. The highest BCUT2D eigenvalue weighted by molar-refractivity contribution is 5.46. The van der Waals surface area contributed by atoms with E-state index in [9.17, 15) is 13.9 Å². The van der Waals surface area contributed by atoms with Gasteiger partial charge in [0, 0.05) is 11.8 Å². The number of hydrogen-bond donors (Lipinski definition) is 2. The smallest absolute Gasteiger partial charge is 0.128 e. The Labute approximate surface area is 110 Å². The van der Waals surface area contributed by atoms with Gasteiger partial charge in [0.1, 0.15) is 17.4 Å². The van der Waals surface area contributed by atoms with Crippen LogP contribution in [-0.2, 0) is 0 Å². The zero-order valence-corrected chi connectivity index (χ0v) is 10.5. The van der Waals surface area contributed by atoms with Crippen LogP contribution in [0.15, 0.2) is 42.5 Å². The molecule has 0 aliphatic carbocycles. The van der Waals surface area contributed by atoms with Crippen LogP contribution in [0.5, 0.6) is 5.75 Å². The molecule has 2 rings (SSSR count). The Balaban J connectivity index is 2.21. The topological polar surface area (TPSA) is 32.3 Å². The Morgan fingerprint density at radius 2 is 1.63 bits per heavy atom. The standard InChI is InChI=1S/C15H15F2NO/c1-2-15(10-3-5-14(19)6-4-10)18-13-8-11(16)7-12(17)9-13/h3-9,15,18-19H,2H2,1H3. The minimum atomic E-state index is -0.608. The first-order valence-electron chi connectivity index (χ1n) is 6.10. The SMILES string of the molecule is CCC(Nc1cc(F)cc(F)c1)c1ccc(O)cc1. The quantitative estimate of drug-likeness (QED) is 0.865. The molecule has 19 heavy (non-hydrogen) atoms. The Hall–Kier alpha value is -2.10. The van der Waals surface area contributed by atoms with Crippen molar-refractivity contribution in [2.75, 3.05) is 5.32 Å². The Bertz CT molecular complexity index is 534. The fraction of sp³-hybridized carbons (Fsp3) is 0.200. The lowest BCUT2D eigenvalue weighted by molar-refractivity contribution is 0.475. The molecule has 0 amide bonds. The summed E-state index contributed by atoms with van der Waals surface area (Å²) in [4.78, 5) is 0. The highest BCUT2D eigenvalue weighted by atomic mass is 19.1. The summed E-state index contributed by atoms with van der Waals surface area (Å²) in [5.41, 5.74) is 1.35. The third-order valence-electron chi connectivity index (χ3n) is 2.91. The predicted molar refractivity (Wildman–Crippen MR) is 71.1 cm³/mol. The van der Waals surface area contributed by atoms with E-state index in [1.54, 1.807) is 24.3 Å². The molecule has 1 unspecified atom stereocenters. The fourth-order valence-corrected chi connectivity index (χ4v) is 1.97. The van der Waals surface area contributed by atoms with Gasteiger partial charge in [-0.1, -0.05) is 19.1 Å². The average molecular weight is 263 g/mol. The Kier molecular flexibility index (Phi) is 4.00. The van der Waals surface area contributed by atoms with Crippen molar-refractivity contribution in [3.8, 4) is 5.75 Å². The highest BCUT2D eigenvalue weighted by Gasteiger charge is 2.10. The summed E-state index contributed by atoms with van der Waals surface area (Å²) in [6, 6.07) is 10.0. The molecule has 0 saturated heterocycles. The van der Waals surface area contributed by atoms with Gasteiger partial charge in [-0.3, -0.25) is 0 Å². The lowest BCUT2D eigenvalue weighted by Gasteiger charge is -2.19. The maximum absolute atomic E-state index is 13.1. The van der Waals surface area contributed by atoms with Gasteiger partial charge in [-0.25, -0.2) is 8.78 Å². The minimum absolute atomic E-state index is 0.0678. The molecule has 0 radical (unpaired) electrons. The number of halogens is 2. The lowest BCUT2D eigenvalue weighted by atomic mass is 10.0. The van der Waals surface area contributed by atoms with Crippen molar-refractivity contribution in [1.29, 1.82) is 0 Å². The van der Waals surface area contributed by atoms with Gasteiger partial charge in [0.15, 0.2) is 0 Å². The highest BCUT2D eigenvalue weighted by Crippen LogP contribution is 2.25. The number of phenolic OH excluding ortho intramolecular Hbond substituents is 1. The molecule has 0 saturated carbocycles. The summed E-state index contributed by atoms with van der Waals surface area (Å²) < 4.78 is 26.2. The summed E-state index contributed by atoms with van der Waals surface area (Å²) in [5.74, 6) is -1.03. The van der Waals surface area contributed by atoms with Crippen molar-refractivity contribution in [3.63, 3.8) is 0 Å². The van der Waals surface area contributed by atoms with Gasteiger partial charge in [-0.15, -0.1) is 0 Å². The molecule has 0 fully saturated rings. The van der Waals surface area contributed by atoms with E-state index in [1.807, 2.05) is 6.92 Å². The lowest BCUT2D eigenvalue weighted by Crippen LogP contribution is -2.09. The zero-order valence-electron chi connectivity index (χ0n) is 10.5. The molecule has 2 nitrogen and oxygen atoms in total. The van der Waals surface area contributed by atoms with Crippen molar-refractivity contribution in [2.45, 2.75) is 19.4 Å². The van der Waals surface area contributed by atoms with Crippen LogP contribution in [0.1, 0.15) is 24.9 Å². The molecule has 2 N–H and O–H groups in total. The van der Waals surface area contributed by atoms with Crippen LogP contribution >= 0.6 is 0 Å². The van der Waals surface area contributed by atoms with Crippen molar-refractivity contribution in [3.05, 3.63) is 59.7 Å². The summed E-state index contributed by atoms with van der Waals surface area (Å²) in [7, 11) is 0. The molecule has 4 heteroatoms. The van der Waals surface area contributed by atoms with Gasteiger partial charge < -0.3 is 10.4 Å². The van der Waals surface area contributed by atoms with E-state index in [0.29, 0.717) is 5.69 Å². The van der Waals surface area contributed by atoms with Crippen molar-refractivity contribution in [1.82, 2.24) is 0 Å². The molecule has 0 aliphatic heterocycles. The van der Waals surface area contributed by atoms with E-state index >= 15 is 0 Å². The summed E-state index contributed by atoms with van der Waals surface area (Å²) >= 11 is 0. The van der Waals surface area contributed by atoms with Crippen LogP contribution in [-0.4, -0.2) is 5.11 Å². The third kappa shape index (κ3) is 3.44. The molecule has 100 valence electrons. The number of anilines is 1. The van der Waals surface area contributed by atoms with E-state index in [4.69, 9.17) is 0 Å². The molecule has 0 aliphatic rings. The van der Waals surface area contributed by atoms with E-state index in [1.165, 1.54) is 12.1 Å². The number of aromatic hydroxyl groups is 1. The molecular weight excluding hydrogens is 248 g/mol. The number of rotatable bonds is 4. The monoisotopic (exact) mass is 263 g/mol. The normalized spacial score (nSPS) is 12.2. The molecule has 0 bridgehead atoms. The molecule has 2 aromatic carbocycles. The van der Waals surface area contributed by atoms with Crippen molar-refractivity contribution >= 4 is 5.69 Å². The van der Waals surface area contributed by atoms with Crippen LogP contribution in [0.3, 0.4) is 0 Å². The predicted octanol–water partition coefficient (Wildman–Crippen LogP) is 4.23.